The zero-order chi connectivity index (χ0) is 10.8. The molecule has 1 aliphatic heterocycles. The van der Waals surface area contributed by atoms with Crippen molar-refractivity contribution in [1.29, 1.82) is 0 Å². The summed E-state index contributed by atoms with van der Waals surface area (Å²) in [6.07, 6.45) is 2.38. The van der Waals surface area contributed by atoms with Crippen molar-refractivity contribution in [3.05, 3.63) is 53.9 Å². The molecule has 1 nitrogen and oxygen atoms in total. The van der Waals surface area contributed by atoms with Crippen LogP contribution in [0.4, 0.5) is 0 Å². The van der Waals surface area contributed by atoms with Crippen LogP contribution in [0.3, 0.4) is 0 Å². The monoisotopic (exact) mass is 210 g/mol. The van der Waals surface area contributed by atoms with Crippen LogP contribution in [-0.2, 0) is 0 Å². The van der Waals surface area contributed by atoms with Crippen molar-refractivity contribution in [2.24, 2.45) is 0 Å². The Hall–Kier alpha value is -1.34. The molecule has 81 valence electrons. The first-order valence-corrected chi connectivity index (χ1v) is 5.99. The van der Waals surface area contributed by atoms with Gasteiger partial charge in [0.2, 0.25) is 0 Å². The van der Waals surface area contributed by atoms with Crippen LogP contribution in [0.2, 0.25) is 0 Å². The molecule has 2 aromatic rings. The average Bonchev–Trinajstić information content (AvgIpc) is 2.39. The number of hydrogen-bond acceptors (Lipinski definition) is 1. The lowest BCUT2D eigenvalue weighted by atomic mass is 9.87. The van der Waals surface area contributed by atoms with Gasteiger partial charge in [-0.3, -0.25) is 0 Å². The number of fused-ring (bicyclic) bond motifs is 1. The number of hydrogen-bond donors (Lipinski definition) is 1. The quantitative estimate of drug-likeness (QED) is 0.762. The van der Waals surface area contributed by atoms with Gasteiger partial charge in [-0.2, -0.15) is 0 Å². The molecule has 0 amide bonds. The van der Waals surface area contributed by atoms with Gasteiger partial charge in [0.1, 0.15) is 0 Å². The van der Waals surface area contributed by atoms with Gasteiger partial charge in [-0.05, 0) is 42.3 Å². The van der Waals surface area contributed by atoms with Gasteiger partial charge < -0.3 is 5.32 Å². The van der Waals surface area contributed by atoms with Gasteiger partial charge in [-0.1, -0.05) is 42.5 Å². The second-order valence-corrected chi connectivity index (χ2v) is 4.38. The van der Waals surface area contributed by atoms with E-state index in [1.54, 1.807) is 5.92 Å². The zero-order valence-corrected chi connectivity index (χ0v) is 9.37. The molecule has 0 aliphatic carbocycles. The highest BCUT2D eigenvalue weighted by molar-refractivity contribution is 5.87. The lowest BCUT2D eigenvalue weighted by Crippen LogP contribution is -2.27. The molecule has 2 aromatic carbocycles. The molecule has 0 aromatic heterocycles. The van der Waals surface area contributed by atoms with Crippen LogP contribution in [0.15, 0.2) is 42.5 Å². The van der Waals surface area contributed by atoms with E-state index in [-0.39, 0.29) is 0 Å². The third kappa shape index (κ3) is 1.72. The van der Waals surface area contributed by atoms with E-state index in [1.165, 1.54) is 29.2 Å². The molecule has 3 rings (SSSR count). The minimum absolute atomic E-state index is 1.12. The summed E-state index contributed by atoms with van der Waals surface area (Å²) in [6, 6.07) is 15.3. The van der Waals surface area contributed by atoms with E-state index in [2.05, 4.69) is 47.8 Å². The lowest BCUT2D eigenvalue weighted by Gasteiger charge is -2.23. The Kier molecular flexibility index (Phi) is 2.63. The maximum Gasteiger partial charge on any atom is 0.00812 e. The van der Waals surface area contributed by atoms with Gasteiger partial charge in [-0.15, -0.1) is 0 Å². The second kappa shape index (κ2) is 4.26. The topological polar surface area (TPSA) is 12.0 Å². The molecular formula is C15H16N. The van der Waals surface area contributed by atoms with Gasteiger partial charge in [0, 0.05) is 5.92 Å². The predicted octanol–water partition coefficient (Wildman–Crippen LogP) is 3.15. The highest BCUT2D eigenvalue weighted by Gasteiger charge is 2.17. The van der Waals surface area contributed by atoms with Crippen molar-refractivity contribution in [1.82, 2.24) is 5.32 Å². The SMILES string of the molecule is c1ccc2c([C]3CCNCC3)cccc2c1. The van der Waals surface area contributed by atoms with Crippen molar-refractivity contribution in [2.75, 3.05) is 13.1 Å². The molecule has 1 heterocycles. The summed E-state index contributed by atoms with van der Waals surface area (Å²) in [7, 11) is 0. The molecule has 0 unspecified atom stereocenters. The van der Waals surface area contributed by atoms with E-state index >= 15 is 0 Å². The third-order valence-electron chi connectivity index (χ3n) is 3.38. The van der Waals surface area contributed by atoms with Crippen LogP contribution in [-0.4, -0.2) is 13.1 Å². The van der Waals surface area contributed by atoms with Gasteiger partial charge in [0.05, 0.1) is 0 Å². The molecular weight excluding hydrogens is 194 g/mol. The first-order valence-electron chi connectivity index (χ1n) is 5.99. The summed E-state index contributed by atoms with van der Waals surface area (Å²) in [5.41, 5.74) is 1.46. The third-order valence-corrected chi connectivity index (χ3v) is 3.38. The van der Waals surface area contributed by atoms with E-state index < -0.39 is 0 Å². The van der Waals surface area contributed by atoms with Crippen LogP contribution in [0.1, 0.15) is 18.4 Å². The molecule has 16 heavy (non-hydrogen) atoms. The Labute approximate surface area is 96.5 Å². The summed E-state index contributed by atoms with van der Waals surface area (Å²) in [4.78, 5) is 0. The van der Waals surface area contributed by atoms with E-state index in [1.807, 2.05) is 0 Å². The summed E-state index contributed by atoms with van der Waals surface area (Å²) in [6.45, 7) is 2.25. The van der Waals surface area contributed by atoms with Gasteiger partial charge in [0.25, 0.3) is 0 Å². The normalized spacial score (nSPS) is 17.8. The smallest absolute Gasteiger partial charge is 0.00812 e. The largest absolute Gasteiger partial charge is 0.317 e. The summed E-state index contributed by atoms with van der Waals surface area (Å²) >= 11 is 0. The zero-order valence-electron chi connectivity index (χ0n) is 9.37. The molecule has 0 bridgehead atoms. The predicted molar refractivity (Wildman–Crippen MR) is 68.4 cm³/mol. The maximum atomic E-state index is 3.41. The van der Waals surface area contributed by atoms with E-state index in [9.17, 15) is 0 Å². The first-order chi connectivity index (χ1) is 7.95. The Morgan fingerprint density at radius 2 is 1.56 bits per heavy atom. The molecule has 1 saturated heterocycles. The molecule has 1 heteroatoms. The Bertz CT molecular complexity index is 478. The number of piperidine rings is 1. The number of rotatable bonds is 1. The number of nitrogens with one attached hydrogen (secondary N) is 1. The molecule has 1 N–H and O–H groups in total. The van der Waals surface area contributed by atoms with Gasteiger partial charge in [-0.25, -0.2) is 0 Å². The van der Waals surface area contributed by atoms with Crippen LogP contribution >= 0.6 is 0 Å². The van der Waals surface area contributed by atoms with Gasteiger partial charge in [0.15, 0.2) is 0 Å². The fourth-order valence-corrected chi connectivity index (χ4v) is 2.53. The second-order valence-electron chi connectivity index (χ2n) is 4.38. The molecule has 0 saturated carbocycles. The minimum Gasteiger partial charge on any atom is -0.317 e. The highest BCUT2D eigenvalue weighted by atomic mass is 14.9. The summed E-state index contributed by atoms with van der Waals surface area (Å²) < 4.78 is 0. The lowest BCUT2D eigenvalue weighted by molar-refractivity contribution is 0.566. The van der Waals surface area contributed by atoms with Crippen molar-refractivity contribution in [3.63, 3.8) is 0 Å². The summed E-state index contributed by atoms with van der Waals surface area (Å²) in [5.74, 6) is 1.61. The minimum atomic E-state index is 1.12. The van der Waals surface area contributed by atoms with E-state index in [0.717, 1.165) is 13.1 Å². The van der Waals surface area contributed by atoms with Crippen molar-refractivity contribution < 1.29 is 0 Å². The average molecular weight is 210 g/mol. The van der Waals surface area contributed by atoms with Crippen LogP contribution in [0, 0.1) is 5.92 Å². The maximum absolute atomic E-state index is 3.41. The number of benzene rings is 2. The molecule has 0 spiro atoms. The van der Waals surface area contributed by atoms with Crippen molar-refractivity contribution in [2.45, 2.75) is 12.8 Å². The fraction of sp³-hybridized carbons (Fsp3) is 0.267. The van der Waals surface area contributed by atoms with Gasteiger partial charge >= 0.3 is 0 Å². The molecule has 1 fully saturated rings. The van der Waals surface area contributed by atoms with Crippen LogP contribution in [0.5, 0.6) is 0 Å². The Balaban J connectivity index is 2.08. The molecule has 0 atom stereocenters. The van der Waals surface area contributed by atoms with E-state index in [4.69, 9.17) is 0 Å². The Morgan fingerprint density at radius 1 is 0.812 bits per heavy atom. The summed E-state index contributed by atoms with van der Waals surface area (Å²) in [5, 5.41) is 6.17. The highest BCUT2D eigenvalue weighted by Crippen LogP contribution is 2.30. The first kappa shape index (κ1) is 9.86. The molecule has 1 radical (unpaired) electrons. The van der Waals surface area contributed by atoms with Crippen molar-refractivity contribution >= 4 is 10.8 Å². The van der Waals surface area contributed by atoms with Crippen LogP contribution < -0.4 is 5.32 Å². The fourth-order valence-electron chi connectivity index (χ4n) is 2.53. The molecule has 1 aliphatic rings. The Morgan fingerprint density at radius 3 is 2.44 bits per heavy atom. The van der Waals surface area contributed by atoms with Crippen molar-refractivity contribution in [3.8, 4) is 0 Å². The van der Waals surface area contributed by atoms with E-state index in [0.29, 0.717) is 0 Å². The standard InChI is InChI=1S/C15H16N/c1-2-6-14-12(4-1)5-3-7-15(14)13-8-10-16-11-9-13/h1-7,16H,8-11H2. The van der Waals surface area contributed by atoms with Crippen LogP contribution in [0.25, 0.3) is 10.8 Å².